The van der Waals surface area contributed by atoms with Crippen LogP contribution in [0.4, 0.5) is 0 Å². The van der Waals surface area contributed by atoms with Gasteiger partial charge in [-0.3, -0.25) is 0 Å². The zero-order valence-electron chi connectivity index (χ0n) is 6.59. The van der Waals surface area contributed by atoms with Gasteiger partial charge in [0.15, 0.2) is 0 Å². The minimum absolute atomic E-state index is 0.273. The smallest absolute Gasteiger partial charge is 0.0690 e. The summed E-state index contributed by atoms with van der Waals surface area (Å²) in [6.07, 6.45) is 3.65. The molecule has 0 saturated heterocycles. The summed E-state index contributed by atoms with van der Waals surface area (Å²) in [7, 11) is 0. The molecule has 0 aliphatic heterocycles. The van der Waals surface area contributed by atoms with Crippen molar-refractivity contribution >= 4 is 0 Å². The predicted molar refractivity (Wildman–Crippen MR) is 41.6 cm³/mol. The summed E-state index contributed by atoms with van der Waals surface area (Å²) in [5.41, 5.74) is 5.34. The highest BCUT2D eigenvalue weighted by molar-refractivity contribution is 4.79. The first-order valence-electron chi connectivity index (χ1n) is 4.14. The van der Waals surface area contributed by atoms with Gasteiger partial charge in [-0.25, -0.2) is 0 Å². The molecule has 0 bridgehead atoms. The van der Waals surface area contributed by atoms with Crippen LogP contribution in [-0.2, 0) is 0 Å². The van der Waals surface area contributed by atoms with E-state index in [9.17, 15) is 5.11 Å². The molecule has 0 amide bonds. The summed E-state index contributed by atoms with van der Waals surface area (Å²) in [5.74, 6) is 1.16. The highest BCUT2D eigenvalue weighted by atomic mass is 16.3. The summed E-state index contributed by atoms with van der Waals surface area (Å²) >= 11 is 0. The standard InChI is InChI=1S/C8H17NO/c1-6(8(10)5-9)7-3-2-4-7/h6-8,10H,2-5,9H2,1H3. The van der Waals surface area contributed by atoms with Gasteiger partial charge in [-0.05, 0) is 11.8 Å². The highest BCUT2D eigenvalue weighted by Crippen LogP contribution is 2.34. The largest absolute Gasteiger partial charge is 0.392 e. The van der Waals surface area contributed by atoms with Gasteiger partial charge in [0.1, 0.15) is 0 Å². The first kappa shape index (κ1) is 8.02. The van der Waals surface area contributed by atoms with E-state index in [0.29, 0.717) is 12.5 Å². The number of nitrogens with two attached hydrogens (primary N) is 1. The lowest BCUT2D eigenvalue weighted by Gasteiger charge is -2.33. The van der Waals surface area contributed by atoms with Crippen molar-refractivity contribution in [2.75, 3.05) is 6.54 Å². The molecule has 2 nitrogen and oxygen atoms in total. The van der Waals surface area contributed by atoms with Gasteiger partial charge in [-0.1, -0.05) is 26.2 Å². The Kier molecular flexibility index (Phi) is 2.69. The molecule has 0 aromatic heterocycles. The third kappa shape index (κ3) is 1.50. The highest BCUT2D eigenvalue weighted by Gasteiger charge is 2.27. The second kappa shape index (κ2) is 3.35. The van der Waals surface area contributed by atoms with E-state index in [1.807, 2.05) is 0 Å². The van der Waals surface area contributed by atoms with Crippen molar-refractivity contribution in [1.82, 2.24) is 0 Å². The van der Waals surface area contributed by atoms with Crippen molar-refractivity contribution in [2.24, 2.45) is 17.6 Å². The summed E-state index contributed by atoms with van der Waals surface area (Å²) in [5, 5.41) is 9.34. The molecule has 0 aromatic rings. The Hall–Kier alpha value is -0.0800. The molecule has 60 valence electrons. The zero-order chi connectivity index (χ0) is 7.56. The van der Waals surface area contributed by atoms with Crippen LogP contribution in [0.25, 0.3) is 0 Å². The maximum atomic E-state index is 9.34. The average Bonchev–Trinajstić information content (AvgIpc) is 1.82. The molecule has 1 saturated carbocycles. The molecular weight excluding hydrogens is 126 g/mol. The molecule has 1 fully saturated rings. The van der Waals surface area contributed by atoms with Crippen molar-refractivity contribution in [2.45, 2.75) is 32.3 Å². The number of aliphatic hydroxyl groups excluding tert-OH is 1. The fraction of sp³-hybridized carbons (Fsp3) is 1.00. The molecule has 0 radical (unpaired) electrons. The van der Waals surface area contributed by atoms with E-state index < -0.39 is 0 Å². The van der Waals surface area contributed by atoms with Gasteiger partial charge in [0.25, 0.3) is 0 Å². The molecule has 2 atom stereocenters. The van der Waals surface area contributed by atoms with E-state index in [-0.39, 0.29) is 6.10 Å². The van der Waals surface area contributed by atoms with Crippen molar-refractivity contribution in [3.8, 4) is 0 Å². The zero-order valence-corrected chi connectivity index (χ0v) is 6.59. The van der Waals surface area contributed by atoms with Crippen LogP contribution in [0.5, 0.6) is 0 Å². The van der Waals surface area contributed by atoms with Crippen molar-refractivity contribution < 1.29 is 5.11 Å². The second-order valence-electron chi connectivity index (χ2n) is 3.35. The van der Waals surface area contributed by atoms with Gasteiger partial charge in [0, 0.05) is 6.54 Å². The van der Waals surface area contributed by atoms with Crippen molar-refractivity contribution in [3.05, 3.63) is 0 Å². The molecule has 0 spiro atoms. The molecule has 0 aromatic carbocycles. The minimum Gasteiger partial charge on any atom is -0.392 e. The van der Waals surface area contributed by atoms with Crippen LogP contribution in [0.15, 0.2) is 0 Å². The quantitative estimate of drug-likeness (QED) is 0.612. The van der Waals surface area contributed by atoms with Crippen molar-refractivity contribution in [3.63, 3.8) is 0 Å². The van der Waals surface area contributed by atoms with E-state index in [4.69, 9.17) is 5.73 Å². The number of hydrogen-bond donors (Lipinski definition) is 2. The number of rotatable bonds is 3. The first-order valence-corrected chi connectivity index (χ1v) is 4.14. The normalized spacial score (nSPS) is 25.5. The Morgan fingerprint density at radius 3 is 2.50 bits per heavy atom. The fourth-order valence-electron chi connectivity index (χ4n) is 1.49. The molecule has 1 aliphatic rings. The lowest BCUT2D eigenvalue weighted by molar-refractivity contribution is 0.0603. The van der Waals surface area contributed by atoms with E-state index in [0.717, 1.165) is 5.92 Å². The molecule has 1 aliphatic carbocycles. The average molecular weight is 143 g/mol. The van der Waals surface area contributed by atoms with Gasteiger partial charge in [0.2, 0.25) is 0 Å². The van der Waals surface area contributed by atoms with E-state index in [1.54, 1.807) is 0 Å². The lowest BCUT2D eigenvalue weighted by Crippen LogP contribution is -2.34. The molecule has 2 unspecified atom stereocenters. The summed E-state index contributed by atoms with van der Waals surface area (Å²) < 4.78 is 0. The van der Waals surface area contributed by atoms with E-state index >= 15 is 0 Å². The Bertz CT molecular complexity index is 96.7. The van der Waals surface area contributed by atoms with Gasteiger partial charge >= 0.3 is 0 Å². The SMILES string of the molecule is CC(C(O)CN)C1CCC1. The molecule has 10 heavy (non-hydrogen) atoms. The van der Waals surface area contributed by atoms with Gasteiger partial charge < -0.3 is 10.8 Å². The predicted octanol–water partition coefficient (Wildman–Crippen LogP) is 0.742. The Morgan fingerprint density at radius 1 is 1.60 bits per heavy atom. The third-order valence-corrected chi connectivity index (χ3v) is 2.74. The second-order valence-corrected chi connectivity index (χ2v) is 3.35. The van der Waals surface area contributed by atoms with Crippen LogP contribution in [0, 0.1) is 11.8 Å². The molecule has 3 N–H and O–H groups in total. The van der Waals surface area contributed by atoms with Gasteiger partial charge in [0.05, 0.1) is 6.10 Å². The van der Waals surface area contributed by atoms with Crippen LogP contribution in [-0.4, -0.2) is 17.8 Å². The van der Waals surface area contributed by atoms with E-state index in [1.165, 1.54) is 19.3 Å². The first-order chi connectivity index (χ1) is 4.75. The van der Waals surface area contributed by atoms with E-state index in [2.05, 4.69) is 6.92 Å². The summed E-state index contributed by atoms with van der Waals surface area (Å²) in [4.78, 5) is 0. The van der Waals surface area contributed by atoms with Crippen LogP contribution in [0.2, 0.25) is 0 Å². The monoisotopic (exact) mass is 143 g/mol. The molecule has 2 heteroatoms. The topological polar surface area (TPSA) is 46.2 Å². The number of aliphatic hydroxyl groups is 1. The van der Waals surface area contributed by atoms with Crippen LogP contribution in [0.3, 0.4) is 0 Å². The van der Waals surface area contributed by atoms with Gasteiger partial charge in [-0.15, -0.1) is 0 Å². The lowest BCUT2D eigenvalue weighted by atomic mass is 9.74. The van der Waals surface area contributed by atoms with Crippen LogP contribution >= 0.6 is 0 Å². The maximum absolute atomic E-state index is 9.34. The third-order valence-electron chi connectivity index (χ3n) is 2.74. The van der Waals surface area contributed by atoms with Crippen molar-refractivity contribution in [1.29, 1.82) is 0 Å². The molecular formula is C8H17NO. The Balaban J connectivity index is 2.24. The maximum Gasteiger partial charge on any atom is 0.0690 e. The minimum atomic E-state index is -0.273. The van der Waals surface area contributed by atoms with Crippen LogP contribution < -0.4 is 5.73 Å². The Morgan fingerprint density at radius 2 is 2.20 bits per heavy atom. The molecule has 0 heterocycles. The fourth-order valence-corrected chi connectivity index (χ4v) is 1.49. The van der Waals surface area contributed by atoms with Gasteiger partial charge in [-0.2, -0.15) is 0 Å². The Labute approximate surface area is 62.4 Å². The molecule has 1 rings (SSSR count). The van der Waals surface area contributed by atoms with Crippen LogP contribution in [0.1, 0.15) is 26.2 Å². The number of hydrogen-bond acceptors (Lipinski definition) is 2. The summed E-state index contributed by atoms with van der Waals surface area (Å²) in [6.45, 7) is 2.51. The summed E-state index contributed by atoms with van der Waals surface area (Å²) in [6, 6.07) is 0.